The average Bonchev–Trinajstić information content (AvgIpc) is 3.62. The van der Waals surface area contributed by atoms with Crippen LogP contribution in [-0.2, 0) is 0 Å². The van der Waals surface area contributed by atoms with Gasteiger partial charge >= 0.3 is 13.7 Å². The van der Waals surface area contributed by atoms with Crippen LogP contribution in [0.2, 0.25) is 0 Å². The molecular weight excluding hydrogens is 472 g/mol. The van der Waals surface area contributed by atoms with Gasteiger partial charge in [0.1, 0.15) is 0 Å². The average molecular weight is 491 g/mol. The highest BCUT2D eigenvalue weighted by molar-refractivity contribution is 6.94. The van der Waals surface area contributed by atoms with Crippen molar-refractivity contribution in [2.45, 2.75) is 0 Å². The summed E-state index contributed by atoms with van der Waals surface area (Å²) in [6.45, 7) is 0.306. The molecule has 5 heteroatoms. The second-order valence-corrected chi connectivity index (χ2v) is 11.3. The number of para-hydroxylation sites is 3. The summed E-state index contributed by atoms with van der Waals surface area (Å²) in [6.07, 6.45) is 4.60. The lowest BCUT2D eigenvalue weighted by molar-refractivity contribution is 1.21. The minimum absolute atomic E-state index is 0.153. The van der Waals surface area contributed by atoms with E-state index in [2.05, 4.69) is 129 Å². The first-order chi connectivity index (χ1) is 19.4. The predicted molar refractivity (Wildman–Crippen MR) is 164 cm³/mol. The van der Waals surface area contributed by atoms with Gasteiger partial charge in [-0.05, 0) is 80.4 Å². The highest BCUT2D eigenvalue weighted by Crippen LogP contribution is 2.45. The molecule has 6 heterocycles. The van der Waals surface area contributed by atoms with Crippen molar-refractivity contribution in [1.82, 2.24) is 8.96 Å². The lowest BCUT2D eigenvalue weighted by Gasteiger charge is -2.46. The number of fused-ring (bicyclic) bond motifs is 8. The summed E-state index contributed by atoms with van der Waals surface area (Å²) in [7, 11) is 0. The summed E-state index contributed by atoms with van der Waals surface area (Å²) >= 11 is 0. The van der Waals surface area contributed by atoms with Crippen molar-refractivity contribution in [1.29, 1.82) is 0 Å². The third kappa shape index (κ3) is 1.98. The molecule has 3 nitrogen and oxygen atoms in total. The molecular formula is C34H19B2N3. The molecule has 0 amide bonds. The molecule has 0 N–H and O–H groups in total. The third-order valence-corrected chi connectivity index (χ3v) is 9.72. The molecule has 0 unspecified atom stereocenters. The van der Waals surface area contributed by atoms with Crippen molar-refractivity contribution < 1.29 is 0 Å². The van der Waals surface area contributed by atoms with Crippen molar-refractivity contribution in [3.8, 4) is 22.3 Å². The fourth-order valence-electron chi connectivity index (χ4n) is 8.38. The van der Waals surface area contributed by atoms with E-state index in [-0.39, 0.29) is 13.7 Å². The summed E-state index contributed by atoms with van der Waals surface area (Å²) < 4.78 is 5.05. The van der Waals surface area contributed by atoms with Gasteiger partial charge in [-0.15, -0.1) is 0 Å². The van der Waals surface area contributed by atoms with Gasteiger partial charge < -0.3 is 13.9 Å². The van der Waals surface area contributed by atoms with E-state index in [1.807, 2.05) is 0 Å². The van der Waals surface area contributed by atoms with E-state index in [4.69, 9.17) is 0 Å². The first kappa shape index (κ1) is 19.2. The Kier molecular flexibility index (Phi) is 3.06. The van der Waals surface area contributed by atoms with E-state index in [1.165, 1.54) is 83.0 Å². The monoisotopic (exact) mass is 491 g/mol. The minimum atomic E-state index is 0.153. The van der Waals surface area contributed by atoms with Crippen molar-refractivity contribution >= 4 is 74.4 Å². The fraction of sp³-hybridized carbons (Fsp3) is 0. The number of aromatic nitrogens is 2. The van der Waals surface area contributed by atoms with E-state index in [9.17, 15) is 0 Å². The summed E-state index contributed by atoms with van der Waals surface area (Å²) in [6, 6.07) is 38.9. The largest absolute Gasteiger partial charge is 0.382 e. The molecule has 0 saturated heterocycles. The predicted octanol–water partition coefficient (Wildman–Crippen LogP) is 4.96. The molecule has 4 aliphatic rings. The molecule has 39 heavy (non-hydrogen) atoms. The molecule has 0 radical (unpaired) electrons. The van der Waals surface area contributed by atoms with Gasteiger partial charge in [0.2, 0.25) is 0 Å². The van der Waals surface area contributed by atoms with Gasteiger partial charge in [0.05, 0.1) is 0 Å². The van der Waals surface area contributed by atoms with Crippen LogP contribution < -0.4 is 26.8 Å². The highest BCUT2D eigenvalue weighted by Gasteiger charge is 2.48. The Morgan fingerprint density at radius 3 is 1.44 bits per heavy atom. The minimum Gasteiger partial charge on any atom is -0.382 e. The fourth-order valence-corrected chi connectivity index (χ4v) is 8.38. The molecule has 0 atom stereocenters. The second kappa shape index (κ2) is 6.22. The summed E-state index contributed by atoms with van der Waals surface area (Å²) in [5.74, 6) is 0. The molecule has 7 aromatic rings. The number of hydrogen-bond acceptors (Lipinski definition) is 1. The zero-order valence-electron chi connectivity index (χ0n) is 21.0. The molecule has 11 rings (SSSR count). The second-order valence-electron chi connectivity index (χ2n) is 11.3. The number of nitrogens with zero attached hydrogens (tertiary/aromatic N) is 3. The standard InChI is InChI=1S/C34H19B2N3/c1-6-20-16-18-37-32(20)24(10-1)22-8-3-14-28-30(22)35(37)26-12-5-13-27-34(26)39(28)29-15-4-9-23-25-11-2-7-21-17-19-38(33(21)25)36(27)31(23)29/h1-19H. The molecule has 2 aromatic heterocycles. The Balaban J connectivity index is 1.33. The van der Waals surface area contributed by atoms with Crippen LogP contribution in [0.25, 0.3) is 44.1 Å². The van der Waals surface area contributed by atoms with Crippen LogP contribution in [0.1, 0.15) is 0 Å². The van der Waals surface area contributed by atoms with E-state index < -0.39 is 0 Å². The Hall–Kier alpha value is -4.89. The van der Waals surface area contributed by atoms with Crippen LogP contribution in [0.15, 0.2) is 116 Å². The zero-order valence-corrected chi connectivity index (χ0v) is 21.0. The molecule has 0 saturated carbocycles. The summed E-state index contributed by atoms with van der Waals surface area (Å²) in [5.41, 5.74) is 17.6. The first-order valence-electron chi connectivity index (χ1n) is 13.8. The van der Waals surface area contributed by atoms with Gasteiger partial charge in [0, 0.05) is 39.2 Å². The van der Waals surface area contributed by atoms with Gasteiger partial charge in [-0.1, -0.05) is 78.9 Å². The van der Waals surface area contributed by atoms with E-state index in [1.54, 1.807) is 0 Å². The molecule has 4 aliphatic heterocycles. The van der Waals surface area contributed by atoms with Crippen LogP contribution in [0.5, 0.6) is 0 Å². The number of anilines is 3. The van der Waals surface area contributed by atoms with Crippen molar-refractivity contribution in [2.24, 2.45) is 0 Å². The molecule has 0 bridgehead atoms. The molecule has 0 fully saturated rings. The van der Waals surface area contributed by atoms with Gasteiger partial charge in [-0.3, -0.25) is 0 Å². The van der Waals surface area contributed by atoms with Gasteiger partial charge in [-0.25, -0.2) is 0 Å². The Labute approximate surface area is 225 Å². The smallest absolute Gasteiger partial charge is 0.332 e. The first-order valence-corrected chi connectivity index (χ1v) is 13.8. The van der Waals surface area contributed by atoms with Crippen LogP contribution in [0, 0.1) is 0 Å². The van der Waals surface area contributed by atoms with Crippen LogP contribution >= 0.6 is 0 Å². The Morgan fingerprint density at radius 2 is 0.897 bits per heavy atom. The number of hydrogen-bond donors (Lipinski definition) is 0. The Bertz CT molecular complexity index is 2120. The Morgan fingerprint density at radius 1 is 0.436 bits per heavy atom. The van der Waals surface area contributed by atoms with Crippen molar-refractivity contribution in [3.63, 3.8) is 0 Å². The van der Waals surface area contributed by atoms with Crippen LogP contribution in [0.3, 0.4) is 0 Å². The molecule has 5 aromatic carbocycles. The molecule has 176 valence electrons. The van der Waals surface area contributed by atoms with Crippen molar-refractivity contribution in [3.05, 3.63) is 116 Å². The zero-order chi connectivity index (χ0) is 25.0. The topological polar surface area (TPSA) is 13.1 Å². The van der Waals surface area contributed by atoms with Gasteiger partial charge in [0.25, 0.3) is 0 Å². The van der Waals surface area contributed by atoms with E-state index >= 15 is 0 Å². The third-order valence-electron chi connectivity index (χ3n) is 9.72. The van der Waals surface area contributed by atoms with Gasteiger partial charge in [0.15, 0.2) is 0 Å². The maximum atomic E-state index is 2.58. The highest BCUT2D eigenvalue weighted by atomic mass is 15.2. The summed E-state index contributed by atoms with van der Waals surface area (Å²) in [4.78, 5) is 2.58. The van der Waals surface area contributed by atoms with Gasteiger partial charge in [-0.2, -0.15) is 0 Å². The normalized spacial score (nSPS) is 14.5. The molecule has 0 spiro atoms. The number of rotatable bonds is 0. The van der Waals surface area contributed by atoms with Crippen LogP contribution in [-0.4, -0.2) is 22.7 Å². The van der Waals surface area contributed by atoms with E-state index in [0.29, 0.717) is 0 Å². The number of benzene rings is 5. The lowest BCUT2D eigenvalue weighted by atomic mass is 9.40. The molecule has 0 aliphatic carbocycles. The lowest BCUT2D eigenvalue weighted by Crippen LogP contribution is -2.64. The SMILES string of the molecule is c1cc2c3c(c1)B1c4c(cccc4N3c3cccc4c3B2n2ccc3cccc-4c32)-c2cccc3ccn1c23. The van der Waals surface area contributed by atoms with E-state index in [0.717, 1.165) is 0 Å². The maximum absolute atomic E-state index is 2.58. The maximum Gasteiger partial charge on any atom is 0.332 e. The quantitative estimate of drug-likeness (QED) is 0.274. The van der Waals surface area contributed by atoms with Crippen molar-refractivity contribution in [2.75, 3.05) is 4.90 Å². The summed E-state index contributed by atoms with van der Waals surface area (Å²) in [5, 5.41) is 2.62. The van der Waals surface area contributed by atoms with Crippen LogP contribution in [0.4, 0.5) is 17.1 Å².